The molecule has 0 amide bonds. The highest BCUT2D eigenvalue weighted by Crippen LogP contribution is 2.22. The number of aromatic nitrogens is 1. The minimum Gasteiger partial charge on any atom is -0.357 e. The van der Waals surface area contributed by atoms with Gasteiger partial charge in [-0.1, -0.05) is 30.9 Å². The van der Waals surface area contributed by atoms with Crippen molar-refractivity contribution in [2.24, 2.45) is 0 Å². The van der Waals surface area contributed by atoms with Crippen molar-refractivity contribution in [3.63, 3.8) is 0 Å². The average molecular weight is 268 g/mol. The topological polar surface area (TPSA) is 28.2 Å². The van der Waals surface area contributed by atoms with E-state index in [1.54, 1.807) is 6.20 Å². The van der Waals surface area contributed by atoms with Crippen molar-refractivity contribution >= 4 is 17.4 Å². The molecule has 0 atom stereocenters. The molecule has 2 heterocycles. The van der Waals surface area contributed by atoms with Crippen LogP contribution in [0.5, 0.6) is 0 Å². The zero-order chi connectivity index (χ0) is 12.8. The average Bonchev–Trinajstić information content (AvgIpc) is 2.32. The number of rotatable bonds is 3. The summed E-state index contributed by atoms with van der Waals surface area (Å²) in [5, 5.41) is 3.90. The summed E-state index contributed by atoms with van der Waals surface area (Å²) in [6, 6.07) is 2.13. The van der Waals surface area contributed by atoms with Crippen LogP contribution in [0.1, 0.15) is 37.7 Å². The Morgan fingerprint density at radius 2 is 1.89 bits per heavy atom. The van der Waals surface area contributed by atoms with E-state index in [1.165, 1.54) is 32.1 Å². The van der Waals surface area contributed by atoms with Gasteiger partial charge in [-0.3, -0.25) is 0 Å². The van der Waals surface area contributed by atoms with Crippen molar-refractivity contribution in [3.8, 4) is 0 Å². The Kier molecular flexibility index (Phi) is 5.26. The van der Waals surface area contributed by atoms with Crippen LogP contribution >= 0.6 is 11.6 Å². The first kappa shape index (κ1) is 13.6. The van der Waals surface area contributed by atoms with Gasteiger partial charge in [0.1, 0.15) is 5.82 Å². The molecule has 1 aromatic rings. The van der Waals surface area contributed by atoms with Crippen molar-refractivity contribution in [3.05, 3.63) is 22.8 Å². The predicted molar refractivity (Wildman–Crippen MR) is 77.3 cm³/mol. The summed E-state index contributed by atoms with van der Waals surface area (Å²) >= 11 is 6.15. The van der Waals surface area contributed by atoms with Crippen LogP contribution in [0, 0.1) is 0 Å². The molecule has 0 saturated carbocycles. The number of hydrogen-bond acceptors (Lipinski definition) is 3. The third-order valence-electron chi connectivity index (χ3n) is 3.47. The Hall–Kier alpha value is -0.800. The zero-order valence-electron chi connectivity index (χ0n) is 11.1. The Balaban J connectivity index is 2.12. The molecular formula is C14H22ClN3. The van der Waals surface area contributed by atoms with Gasteiger partial charge in [-0.25, -0.2) is 4.98 Å². The lowest BCUT2D eigenvalue weighted by Crippen LogP contribution is -2.28. The van der Waals surface area contributed by atoms with Crippen molar-refractivity contribution in [1.82, 2.24) is 10.3 Å². The molecule has 0 aliphatic carbocycles. The Bertz CT molecular complexity index is 373. The Morgan fingerprint density at radius 1 is 1.22 bits per heavy atom. The second kappa shape index (κ2) is 6.95. The van der Waals surface area contributed by atoms with Crippen LogP contribution in [0.25, 0.3) is 0 Å². The van der Waals surface area contributed by atoms with Crippen LogP contribution in [0.3, 0.4) is 0 Å². The van der Waals surface area contributed by atoms with Crippen molar-refractivity contribution < 1.29 is 0 Å². The smallest absolute Gasteiger partial charge is 0.128 e. The third-order valence-corrected chi connectivity index (χ3v) is 3.81. The largest absolute Gasteiger partial charge is 0.357 e. The predicted octanol–water partition coefficient (Wildman–Crippen LogP) is 3.22. The minimum atomic E-state index is 0.750. The van der Waals surface area contributed by atoms with Crippen molar-refractivity contribution in [1.29, 1.82) is 0 Å². The van der Waals surface area contributed by atoms with Gasteiger partial charge < -0.3 is 10.2 Å². The summed E-state index contributed by atoms with van der Waals surface area (Å²) in [5.74, 6) is 1.08. The lowest BCUT2D eigenvalue weighted by atomic mass is 10.1. The first-order valence-corrected chi connectivity index (χ1v) is 7.23. The lowest BCUT2D eigenvalue weighted by molar-refractivity contribution is 0.553. The van der Waals surface area contributed by atoms with Crippen molar-refractivity contribution in [2.75, 3.05) is 25.0 Å². The van der Waals surface area contributed by atoms with Gasteiger partial charge in [0.05, 0.1) is 5.02 Å². The Morgan fingerprint density at radius 3 is 2.56 bits per heavy atom. The van der Waals surface area contributed by atoms with Crippen LogP contribution in [0.2, 0.25) is 5.02 Å². The van der Waals surface area contributed by atoms with E-state index in [0.29, 0.717) is 0 Å². The van der Waals surface area contributed by atoms with E-state index in [0.717, 1.165) is 36.0 Å². The molecule has 0 aromatic carbocycles. The fourth-order valence-electron chi connectivity index (χ4n) is 2.44. The van der Waals surface area contributed by atoms with E-state index in [1.807, 2.05) is 7.05 Å². The van der Waals surface area contributed by atoms with Gasteiger partial charge in [0.2, 0.25) is 0 Å². The SMILES string of the molecule is CNCc1cc(N2CCCCCCC2)ncc1Cl. The number of nitrogens with one attached hydrogen (secondary N) is 1. The molecule has 3 nitrogen and oxygen atoms in total. The molecule has 0 bridgehead atoms. The van der Waals surface area contributed by atoms with Crippen LogP contribution in [-0.4, -0.2) is 25.1 Å². The number of halogens is 1. The normalized spacial score (nSPS) is 17.3. The van der Waals surface area contributed by atoms with Gasteiger partial charge in [0.25, 0.3) is 0 Å². The quantitative estimate of drug-likeness (QED) is 0.911. The molecule has 1 aliphatic rings. The molecule has 1 N–H and O–H groups in total. The highest BCUT2D eigenvalue weighted by atomic mass is 35.5. The fourth-order valence-corrected chi connectivity index (χ4v) is 2.61. The lowest BCUT2D eigenvalue weighted by Gasteiger charge is -2.26. The summed E-state index contributed by atoms with van der Waals surface area (Å²) in [5.41, 5.74) is 1.13. The standard InChI is InChI=1S/C14H22ClN3/c1-16-10-12-9-14(17-11-13(12)15)18-7-5-3-2-4-6-8-18/h9,11,16H,2-8,10H2,1H3. The summed E-state index contributed by atoms with van der Waals surface area (Å²) in [6.45, 7) is 3.03. The van der Waals surface area contributed by atoms with E-state index in [4.69, 9.17) is 11.6 Å². The molecule has 100 valence electrons. The molecule has 18 heavy (non-hydrogen) atoms. The second-order valence-corrected chi connectivity index (χ2v) is 5.33. The number of anilines is 1. The maximum Gasteiger partial charge on any atom is 0.128 e. The summed E-state index contributed by atoms with van der Waals surface area (Å²) < 4.78 is 0. The van der Waals surface area contributed by atoms with Gasteiger partial charge >= 0.3 is 0 Å². The molecule has 1 aromatic heterocycles. The van der Waals surface area contributed by atoms with E-state index in [9.17, 15) is 0 Å². The first-order chi connectivity index (χ1) is 8.81. The molecule has 1 saturated heterocycles. The molecular weight excluding hydrogens is 246 g/mol. The highest BCUT2D eigenvalue weighted by Gasteiger charge is 2.12. The van der Waals surface area contributed by atoms with Crippen LogP contribution < -0.4 is 10.2 Å². The van der Waals surface area contributed by atoms with Gasteiger partial charge in [-0.15, -0.1) is 0 Å². The molecule has 2 rings (SSSR count). The summed E-state index contributed by atoms with van der Waals surface area (Å²) in [6.07, 6.45) is 8.38. The van der Waals surface area contributed by atoms with Gasteiger partial charge in [-0.2, -0.15) is 0 Å². The second-order valence-electron chi connectivity index (χ2n) is 4.92. The monoisotopic (exact) mass is 267 g/mol. The van der Waals surface area contributed by atoms with Crippen molar-refractivity contribution in [2.45, 2.75) is 38.6 Å². The molecule has 1 fully saturated rings. The van der Waals surface area contributed by atoms with E-state index < -0.39 is 0 Å². The van der Waals surface area contributed by atoms with Crippen LogP contribution in [-0.2, 0) is 6.54 Å². The number of pyridine rings is 1. The maximum absolute atomic E-state index is 6.15. The molecule has 4 heteroatoms. The molecule has 0 spiro atoms. The highest BCUT2D eigenvalue weighted by molar-refractivity contribution is 6.31. The van der Waals surface area contributed by atoms with Crippen LogP contribution in [0.15, 0.2) is 12.3 Å². The fraction of sp³-hybridized carbons (Fsp3) is 0.643. The van der Waals surface area contributed by atoms with Crippen LogP contribution in [0.4, 0.5) is 5.82 Å². The van der Waals surface area contributed by atoms with Gasteiger partial charge in [0, 0.05) is 25.8 Å². The summed E-state index contributed by atoms with van der Waals surface area (Å²) in [4.78, 5) is 6.88. The third kappa shape index (κ3) is 3.59. The van der Waals surface area contributed by atoms with E-state index in [2.05, 4.69) is 21.3 Å². The molecule has 0 unspecified atom stereocenters. The van der Waals surface area contributed by atoms with E-state index >= 15 is 0 Å². The van der Waals surface area contributed by atoms with Gasteiger partial charge in [0.15, 0.2) is 0 Å². The minimum absolute atomic E-state index is 0.750. The van der Waals surface area contributed by atoms with Gasteiger partial charge in [-0.05, 0) is 31.5 Å². The number of hydrogen-bond donors (Lipinski definition) is 1. The molecule has 0 radical (unpaired) electrons. The first-order valence-electron chi connectivity index (χ1n) is 6.85. The van der Waals surface area contributed by atoms with E-state index in [-0.39, 0.29) is 0 Å². The molecule has 1 aliphatic heterocycles. The zero-order valence-corrected chi connectivity index (χ0v) is 11.8. The Labute approximate surface area is 115 Å². The number of nitrogens with zero attached hydrogens (tertiary/aromatic N) is 2. The summed E-state index contributed by atoms with van der Waals surface area (Å²) in [7, 11) is 1.94. The maximum atomic E-state index is 6.15.